The molecule has 0 aliphatic carbocycles. The smallest absolute Gasteiger partial charge is 0.152 e. The van der Waals surface area contributed by atoms with Crippen molar-refractivity contribution in [3.63, 3.8) is 0 Å². The van der Waals surface area contributed by atoms with E-state index in [1.165, 1.54) is 38.1 Å². The molecule has 3 rings (SSSR count). The highest BCUT2D eigenvalue weighted by molar-refractivity contribution is 4.99. The third-order valence-corrected chi connectivity index (χ3v) is 4.48. The zero-order chi connectivity index (χ0) is 12.5. The van der Waals surface area contributed by atoms with E-state index in [1.54, 1.807) is 0 Å². The van der Waals surface area contributed by atoms with Crippen molar-refractivity contribution in [2.45, 2.75) is 58.0 Å². The molecule has 2 atom stereocenters. The van der Waals surface area contributed by atoms with Gasteiger partial charge >= 0.3 is 0 Å². The van der Waals surface area contributed by atoms with Gasteiger partial charge in [0, 0.05) is 25.4 Å². The van der Waals surface area contributed by atoms with Crippen LogP contribution in [0.5, 0.6) is 0 Å². The van der Waals surface area contributed by atoms with Crippen LogP contribution in [0.2, 0.25) is 0 Å². The van der Waals surface area contributed by atoms with E-state index in [9.17, 15) is 0 Å². The van der Waals surface area contributed by atoms with Gasteiger partial charge in [0.25, 0.3) is 0 Å². The van der Waals surface area contributed by atoms with Gasteiger partial charge in [-0.2, -0.15) is 5.10 Å². The summed E-state index contributed by atoms with van der Waals surface area (Å²) in [5.74, 6) is 3.03. The number of hydrogen-bond donors (Lipinski definition) is 0. The first-order valence-electron chi connectivity index (χ1n) is 7.35. The van der Waals surface area contributed by atoms with Gasteiger partial charge in [-0.15, -0.1) is 0 Å². The molecule has 1 aromatic rings. The molecule has 0 bridgehead atoms. The molecular formula is C14H24N4. The second kappa shape index (κ2) is 5.00. The van der Waals surface area contributed by atoms with E-state index in [4.69, 9.17) is 10.1 Å². The Kier molecular flexibility index (Phi) is 3.37. The van der Waals surface area contributed by atoms with Gasteiger partial charge in [0.05, 0.1) is 0 Å². The first-order chi connectivity index (χ1) is 8.72. The van der Waals surface area contributed by atoms with Crippen LogP contribution in [0.1, 0.15) is 44.3 Å². The SMILES string of the molecule is CC1CCc2nc(CC3CCCCN3C)nn2C1. The van der Waals surface area contributed by atoms with Gasteiger partial charge in [-0.05, 0) is 38.8 Å². The lowest BCUT2D eigenvalue weighted by Gasteiger charge is -2.31. The summed E-state index contributed by atoms with van der Waals surface area (Å²) in [5.41, 5.74) is 0. The van der Waals surface area contributed by atoms with Gasteiger partial charge in [0.2, 0.25) is 0 Å². The summed E-state index contributed by atoms with van der Waals surface area (Å²) in [7, 11) is 2.24. The molecule has 18 heavy (non-hydrogen) atoms. The van der Waals surface area contributed by atoms with E-state index >= 15 is 0 Å². The maximum atomic E-state index is 4.74. The molecule has 0 saturated carbocycles. The fourth-order valence-electron chi connectivity index (χ4n) is 3.22. The van der Waals surface area contributed by atoms with Crippen molar-refractivity contribution in [1.29, 1.82) is 0 Å². The van der Waals surface area contributed by atoms with Crippen LogP contribution >= 0.6 is 0 Å². The van der Waals surface area contributed by atoms with E-state index in [0.717, 1.165) is 31.1 Å². The molecule has 0 spiro atoms. The molecule has 0 radical (unpaired) electrons. The maximum Gasteiger partial charge on any atom is 0.152 e. The third kappa shape index (κ3) is 2.44. The van der Waals surface area contributed by atoms with Crippen LogP contribution in [-0.2, 0) is 19.4 Å². The van der Waals surface area contributed by atoms with E-state index in [2.05, 4.69) is 23.6 Å². The Balaban J connectivity index is 1.69. The first-order valence-corrected chi connectivity index (χ1v) is 7.35. The minimum atomic E-state index is 0.653. The zero-order valence-electron chi connectivity index (χ0n) is 11.6. The van der Waals surface area contributed by atoms with E-state index in [1.807, 2.05) is 0 Å². The molecule has 4 heteroatoms. The molecule has 1 aromatic heterocycles. The Morgan fingerprint density at radius 3 is 3.00 bits per heavy atom. The fraction of sp³-hybridized carbons (Fsp3) is 0.857. The van der Waals surface area contributed by atoms with Crippen LogP contribution in [0.4, 0.5) is 0 Å². The van der Waals surface area contributed by atoms with Crippen LogP contribution in [0.25, 0.3) is 0 Å². The van der Waals surface area contributed by atoms with Crippen molar-refractivity contribution in [1.82, 2.24) is 19.7 Å². The molecule has 2 unspecified atom stereocenters. The van der Waals surface area contributed by atoms with Crippen LogP contribution in [0, 0.1) is 5.92 Å². The third-order valence-electron chi connectivity index (χ3n) is 4.48. The summed E-state index contributed by atoms with van der Waals surface area (Å²) in [4.78, 5) is 7.22. The topological polar surface area (TPSA) is 34.0 Å². The van der Waals surface area contributed by atoms with Crippen molar-refractivity contribution < 1.29 is 0 Å². The summed E-state index contributed by atoms with van der Waals surface area (Å²) < 4.78 is 2.15. The summed E-state index contributed by atoms with van der Waals surface area (Å²) in [6.45, 7) is 4.59. The molecule has 0 N–H and O–H groups in total. The number of piperidine rings is 1. The van der Waals surface area contributed by atoms with Crippen molar-refractivity contribution in [3.05, 3.63) is 11.6 Å². The number of likely N-dealkylation sites (tertiary alicyclic amines) is 1. The summed E-state index contributed by atoms with van der Waals surface area (Å²) in [5, 5.41) is 4.71. The molecule has 3 heterocycles. The first kappa shape index (κ1) is 12.2. The largest absolute Gasteiger partial charge is 0.303 e. The molecule has 1 fully saturated rings. The predicted molar refractivity (Wildman–Crippen MR) is 71.5 cm³/mol. The number of hydrogen-bond acceptors (Lipinski definition) is 3. The van der Waals surface area contributed by atoms with Gasteiger partial charge < -0.3 is 4.90 Å². The van der Waals surface area contributed by atoms with Crippen LogP contribution in [0.15, 0.2) is 0 Å². The van der Waals surface area contributed by atoms with Crippen LogP contribution < -0.4 is 0 Å². The molecule has 2 aliphatic rings. The Morgan fingerprint density at radius 2 is 2.17 bits per heavy atom. The highest BCUT2D eigenvalue weighted by Gasteiger charge is 2.23. The monoisotopic (exact) mass is 248 g/mol. The van der Waals surface area contributed by atoms with Gasteiger partial charge in [-0.25, -0.2) is 9.67 Å². The molecule has 100 valence electrons. The Hall–Kier alpha value is -0.900. The lowest BCUT2D eigenvalue weighted by atomic mass is 10.00. The average Bonchev–Trinajstić information content (AvgIpc) is 2.73. The Bertz CT molecular complexity index is 412. The molecule has 0 aromatic carbocycles. The molecule has 4 nitrogen and oxygen atoms in total. The van der Waals surface area contributed by atoms with Gasteiger partial charge in [-0.1, -0.05) is 13.3 Å². The normalized spacial score (nSPS) is 29.2. The minimum Gasteiger partial charge on any atom is -0.303 e. The number of aromatic nitrogens is 3. The van der Waals surface area contributed by atoms with E-state index in [-0.39, 0.29) is 0 Å². The Labute approximate surface area is 109 Å². The highest BCUT2D eigenvalue weighted by Crippen LogP contribution is 2.21. The number of likely N-dealkylation sites (N-methyl/N-ethyl adjacent to an activating group) is 1. The minimum absolute atomic E-state index is 0.653. The van der Waals surface area contributed by atoms with Crippen molar-refractivity contribution in [2.24, 2.45) is 5.92 Å². The number of fused-ring (bicyclic) bond motifs is 1. The maximum absolute atomic E-state index is 4.74. The Morgan fingerprint density at radius 1 is 1.28 bits per heavy atom. The predicted octanol–water partition coefficient (Wildman–Crippen LogP) is 1.89. The highest BCUT2D eigenvalue weighted by atomic mass is 15.4. The fourth-order valence-corrected chi connectivity index (χ4v) is 3.22. The summed E-state index contributed by atoms with van der Waals surface area (Å²) >= 11 is 0. The lowest BCUT2D eigenvalue weighted by molar-refractivity contribution is 0.182. The van der Waals surface area contributed by atoms with Crippen molar-refractivity contribution >= 4 is 0 Å². The lowest BCUT2D eigenvalue weighted by Crippen LogP contribution is -2.37. The average molecular weight is 248 g/mol. The second-order valence-corrected chi connectivity index (χ2v) is 6.10. The molecule has 0 amide bonds. The van der Waals surface area contributed by atoms with Gasteiger partial charge in [0.1, 0.15) is 5.82 Å². The van der Waals surface area contributed by atoms with Gasteiger partial charge in [0.15, 0.2) is 5.82 Å². The second-order valence-electron chi connectivity index (χ2n) is 6.10. The quantitative estimate of drug-likeness (QED) is 0.801. The van der Waals surface area contributed by atoms with Gasteiger partial charge in [-0.3, -0.25) is 0 Å². The molecular weight excluding hydrogens is 224 g/mol. The standard InChI is InChI=1S/C14H24N4/c1-11-6-7-14-15-13(16-18(14)10-11)9-12-5-3-4-8-17(12)2/h11-12H,3-10H2,1-2H3. The molecule has 2 aliphatic heterocycles. The number of rotatable bonds is 2. The summed E-state index contributed by atoms with van der Waals surface area (Å²) in [6, 6.07) is 0.653. The number of aryl methyl sites for hydroxylation is 1. The van der Waals surface area contributed by atoms with Crippen molar-refractivity contribution in [3.8, 4) is 0 Å². The zero-order valence-corrected chi connectivity index (χ0v) is 11.6. The number of nitrogens with zero attached hydrogens (tertiary/aromatic N) is 4. The van der Waals surface area contributed by atoms with E-state index in [0.29, 0.717) is 6.04 Å². The molecule has 1 saturated heterocycles. The van der Waals surface area contributed by atoms with Crippen molar-refractivity contribution in [2.75, 3.05) is 13.6 Å². The van der Waals surface area contributed by atoms with E-state index < -0.39 is 0 Å². The van der Waals surface area contributed by atoms with Crippen LogP contribution in [-0.4, -0.2) is 39.3 Å². The summed E-state index contributed by atoms with van der Waals surface area (Å²) in [6.07, 6.45) is 7.41. The van der Waals surface area contributed by atoms with Crippen LogP contribution in [0.3, 0.4) is 0 Å².